The van der Waals surface area contributed by atoms with Crippen LogP contribution in [0.25, 0.3) is 11.1 Å². The lowest BCUT2D eigenvalue weighted by Gasteiger charge is -2.22. The van der Waals surface area contributed by atoms with Gasteiger partial charge in [-0.2, -0.15) is 0 Å². The van der Waals surface area contributed by atoms with Crippen molar-refractivity contribution in [2.75, 3.05) is 0 Å². The second-order valence-corrected chi connectivity index (χ2v) is 4.36. The summed E-state index contributed by atoms with van der Waals surface area (Å²) in [5.74, 6) is -0.241. The zero-order chi connectivity index (χ0) is 14.0. The number of ketones is 1. The van der Waals surface area contributed by atoms with Gasteiger partial charge in [-0.15, -0.1) is 0 Å². The number of hydrogen-bond donors (Lipinski definition) is 1. The molecule has 0 saturated heterocycles. The van der Waals surface area contributed by atoms with Crippen molar-refractivity contribution in [2.45, 2.75) is 26.4 Å². The molecule has 2 nitrogen and oxygen atoms in total. The van der Waals surface area contributed by atoms with Crippen LogP contribution in [-0.2, 0) is 10.4 Å². The zero-order valence-corrected chi connectivity index (χ0v) is 11.5. The van der Waals surface area contributed by atoms with Gasteiger partial charge in [0, 0.05) is 11.1 Å². The highest BCUT2D eigenvalue weighted by atomic mass is 16.3. The molecule has 1 N–H and O–H groups in total. The minimum absolute atomic E-state index is 0.241. The standard InChI is InChI=1S/C15H12O2.C2H6/c1-10(16)15(17)13-8-4-2-6-11(13)12-7-3-5-9-14(12)15;1-2/h2-9,17H,1H3;1-2H3. The largest absolute Gasteiger partial charge is 0.373 e. The summed E-state index contributed by atoms with van der Waals surface area (Å²) >= 11 is 0. The van der Waals surface area contributed by atoms with Crippen LogP contribution in [0.5, 0.6) is 0 Å². The molecule has 0 atom stereocenters. The van der Waals surface area contributed by atoms with Gasteiger partial charge < -0.3 is 5.11 Å². The number of fused-ring (bicyclic) bond motifs is 3. The monoisotopic (exact) mass is 254 g/mol. The Labute approximate surface area is 113 Å². The average Bonchev–Trinajstić information content (AvgIpc) is 2.74. The molecule has 0 radical (unpaired) electrons. The van der Waals surface area contributed by atoms with Gasteiger partial charge in [0.2, 0.25) is 0 Å². The molecule has 0 aromatic heterocycles. The summed E-state index contributed by atoms with van der Waals surface area (Å²) in [4.78, 5) is 11.8. The second kappa shape index (κ2) is 4.98. The van der Waals surface area contributed by atoms with Gasteiger partial charge in [-0.05, 0) is 18.1 Å². The Kier molecular flexibility index (Phi) is 3.54. The van der Waals surface area contributed by atoms with Crippen LogP contribution in [0, 0.1) is 0 Å². The molecule has 0 fully saturated rings. The first-order chi connectivity index (χ1) is 9.15. The van der Waals surface area contributed by atoms with Crippen LogP contribution in [0.4, 0.5) is 0 Å². The van der Waals surface area contributed by atoms with Crippen molar-refractivity contribution in [3.8, 4) is 11.1 Å². The summed E-state index contributed by atoms with van der Waals surface area (Å²) in [5.41, 5.74) is 1.79. The first-order valence-corrected chi connectivity index (χ1v) is 6.58. The fraction of sp³-hybridized carbons (Fsp3) is 0.235. The molecule has 0 bridgehead atoms. The van der Waals surface area contributed by atoms with E-state index in [0.29, 0.717) is 11.1 Å². The van der Waals surface area contributed by atoms with Crippen LogP contribution in [0.3, 0.4) is 0 Å². The Morgan fingerprint density at radius 1 is 0.895 bits per heavy atom. The first-order valence-electron chi connectivity index (χ1n) is 6.58. The van der Waals surface area contributed by atoms with Gasteiger partial charge in [-0.1, -0.05) is 62.4 Å². The quantitative estimate of drug-likeness (QED) is 0.845. The number of benzene rings is 2. The number of aliphatic hydroxyl groups is 1. The molecular formula is C17H18O2. The predicted molar refractivity (Wildman–Crippen MR) is 76.9 cm³/mol. The summed E-state index contributed by atoms with van der Waals surface area (Å²) in [7, 11) is 0. The van der Waals surface area contributed by atoms with Crippen LogP contribution in [-0.4, -0.2) is 10.9 Å². The molecule has 98 valence electrons. The number of rotatable bonds is 1. The smallest absolute Gasteiger partial charge is 0.174 e. The third-order valence-electron chi connectivity index (χ3n) is 3.43. The van der Waals surface area contributed by atoms with Crippen LogP contribution in [0.15, 0.2) is 48.5 Å². The fourth-order valence-corrected chi connectivity index (χ4v) is 2.59. The summed E-state index contributed by atoms with van der Waals surface area (Å²) < 4.78 is 0. The molecule has 1 aliphatic carbocycles. The molecule has 0 aliphatic heterocycles. The van der Waals surface area contributed by atoms with Gasteiger partial charge in [-0.3, -0.25) is 4.79 Å². The van der Waals surface area contributed by atoms with E-state index in [9.17, 15) is 9.90 Å². The van der Waals surface area contributed by atoms with Crippen molar-refractivity contribution < 1.29 is 9.90 Å². The third kappa shape index (κ3) is 1.80. The minimum Gasteiger partial charge on any atom is -0.373 e. The lowest BCUT2D eigenvalue weighted by molar-refractivity contribution is -0.131. The maximum absolute atomic E-state index is 11.8. The van der Waals surface area contributed by atoms with E-state index in [1.807, 2.05) is 62.4 Å². The number of hydrogen-bond acceptors (Lipinski definition) is 2. The van der Waals surface area contributed by atoms with Crippen molar-refractivity contribution in [3.63, 3.8) is 0 Å². The molecule has 0 saturated carbocycles. The van der Waals surface area contributed by atoms with Crippen molar-refractivity contribution in [2.24, 2.45) is 0 Å². The van der Waals surface area contributed by atoms with E-state index in [1.54, 1.807) is 0 Å². The van der Waals surface area contributed by atoms with Gasteiger partial charge in [0.25, 0.3) is 0 Å². The molecule has 2 aromatic carbocycles. The van der Waals surface area contributed by atoms with Crippen LogP contribution >= 0.6 is 0 Å². The average molecular weight is 254 g/mol. The van der Waals surface area contributed by atoms with E-state index in [0.717, 1.165) is 11.1 Å². The van der Waals surface area contributed by atoms with Crippen molar-refractivity contribution in [1.82, 2.24) is 0 Å². The molecule has 2 heteroatoms. The highest BCUT2D eigenvalue weighted by Crippen LogP contribution is 2.47. The Balaban J connectivity index is 0.000000637. The van der Waals surface area contributed by atoms with E-state index in [2.05, 4.69) is 0 Å². The topological polar surface area (TPSA) is 37.3 Å². The number of Topliss-reactive ketones (excluding diaryl/α,β-unsaturated/α-hetero) is 1. The molecule has 3 rings (SSSR count). The first kappa shape index (κ1) is 13.5. The van der Waals surface area contributed by atoms with E-state index < -0.39 is 5.60 Å². The van der Waals surface area contributed by atoms with Gasteiger partial charge in [0.1, 0.15) is 0 Å². The van der Waals surface area contributed by atoms with Gasteiger partial charge in [-0.25, -0.2) is 0 Å². The van der Waals surface area contributed by atoms with E-state index in [-0.39, 0.29) is 5.78 Å². The summed E-state index contributed by atoms with van der Waals surface area (Å²) in [5, 5.41) is 10.7. The van der Waals surface area contributed by atoms with Crippen LogP contribution < -0.4 is 0 Å². The van der Waals surface area contributed by atoms with Gasteiger partial charge >= 0.3 is 0 Å². The molecule has 2 aromatic rings. The Bertz CT molecular complexity index is 569. The van der Waals surface area contributed by atoms with Crippen LogP contribution in [0.2, 0.25) is 0 Å². The van der Waals surface area contributed by atoms with Crippen molar-refractivity contribution in [1.29, 1.82) is 0 Å². The molecule has 0 unspecified atom stereocenters. The van der Waals surface area contributed by atoms with Crippen molar-refractivity contribution >= 4 is 5.78 Å². The lowest BCUT2D eigenvalue weighted by Crippen LogP contribution is -2.32. The highest BCUT2D eigenvalue weighted by Gasteiger charge is 2.44. The third-order valence-corrected chi connectivity index (χ3v) is 3.43. The predicted octanol–water partition coefficient (Wildman–Crippen LogP) is 3.52. The molecule has 19 heavy (non-hydrogen) atoms. The molecular weight excluding hydrogens is 236 g/mol. The summed E-state index contributed by atoms with van der Waals surface area (Å²) in [6.45, 7) is 5.43. The van der Waals surface area contributed by atoms with E-state index in [1.165, 1.54) is 6.92 Å². The van der Waals surface area contributed by atoms with Gasteiger partial charge in [0.05, 0.1) is 0 Å². The summed E-state index contributed by atoms with van der Waals surface area (Å²) in [6, 6.07) is 15.0. The Morgan fingerprint density at radius 2 is 1.26 bits per heavy atom. The second-order valence-electron chi connectivity index (χ2n) is 4.36. The fourth-order valence-electron chi connectivity index (χ4n) is 2.59. The number of carbonyl (C=O) groups is 1. The van der Waals surface area contributed by atoms with E-state index >= 15 is 0 Å². The van der Waals surface area contributed by atoms with Crippen molar-refractivity contribution in [3.05, 3.63) is 59.7 Å². The SMILES string of the molecule is CC.CC(=O)C1(O)c2ccccc2-c2ccccc21. The molecule has 0 spiro atoms. The molecule has 0 heterocycles. The number of carbonyl (C=O) groups excluding carboxylic acids is 1. The zero-order valence-electron chi connectivity index (χ0n) is 11.5. The Morgan fingerprint density at radius 3 is 1.63 bits per heavy atom. The maximum atomic E-state index is 11.8. The van der Waals surface area contributed by atoms with Gasteiger partial charge in [0.15, 0.2) is 11.4 Å². The molecule has 1 aliphatic rings. The maximum Gasteiger partial charge on any atom is 0.174 e. The summed E-state index contributed by atoms with van der Waals surface area (Å²) in [6.07, 6.45) is 0. The lowest BCUT2D eigenvalue weighted by atomic mass is 9.88. The minimum atomic E-state index is -1.48. The van der Waals surface area contributed by atoms with E-state index in [4.69, 9.17) is 0 Å². The molecule has 0 amide bonds. The Hall–Kier alpha value is -1.93. The normalized spacial score (nSPS) is 13.9. The highest BCUT2D eigenvalue weighted by molar-refractivity contribution is 5.98. The van der Waals surface area contributed by atoms with Crippen LogP contribution in [0.1, 0.15) is 31.9 Å².